The average molecular weight is 205 g/mol. The summed E-state index contributed by atoms with van der Waals surface area (Å²) in [6.07, 6.45) is 0. The monoisotopic (exact) mass is 205 g/mol. The summed E-state index contributed by atoms with van der Waals surface area (Å²) in [5.74, 6) is -4.12. The van der Waals surface area contributed by atoms with Gasteiger partial charge in [-0.2, -0.15) is 8.78 Å². The van der Waals surface area contributed by atoms with Gasteiger partial charge in [-0.05, 0) is 12.1 Å². The Kier molecular flexibility index (Phi) is 2.05. The Labute approximate surface area is 80.7 Å². The number of benzene rings is 1. The second-order valence-corrected chi connectivity index (χ2v) is 2.49. The molecule has 0 saturated heterocycles. The zero-order valence-corrected chi connectivity index (χ0v) is 6.78. The SMILES string of the molecule is [2H]C([2H])(O)C(F)(F)c1ccc([N+](=O)[O-])cc1. The Bertz CT molecular complexity index is 403. The van der Waals surface area contributed by atoms with Gasteiger partial charge in [-0.15, -0.1) is 0 Å². The highest BCUT2D eigenvalue weighted by atomic mass is 19.3. The van der Waals surface area contributed by atoms with E-state index in [0.29, 0.717) is 12.1 Å². The van der Waals surface area contributed by atoms with E-state index < -0.39 is 28.7 Å². The number of alkyl halides is 2. The predicted octanol–water partition coefficient (Wildman–Crippen LogP) is 1.68. The van der Waals surface area contributed by atoms with Crippen molar-refractivity contribution < 1.29 is 21.6 Å². The summed E-state index contributed by atoms with van der Waals surface area (Å²) < 4.78 is 39.5. The summed E-state index contributed by atoms with van der Waals surface area (Å²) in [6.45, 7) is -3.72. The minimum absolute atomic E-state index is 0.391. The van der Waals surface area contributed by atoms with E-state index in [2.05, 4.69) is 0 Å². The van der Waals surface area contributed by atoms with Gasteiger partial charge >= 0.3 is 0 Å². The molecule has 0 atom stereocenters. The van der Waals surface area contributed by atoms with Gasteiger partial charge in [-0.3, -0.25) is 10.1 Å². The number of nitro groups is 1. The fourth-order valence-corrected chi connectivity index (χ4v) is 0.857. The topological polar surface area (TPSA) is 63.4 Å². The van der Waals surface area contributed by atoms with Crippen LogP contribution in [0.3, 0.4) is 0 Å². The molecule has 0 aliphatic heterocycles. The Hall–Kier alpha value is -1.56. The number of nitrogens with zero attached hydrogens (tertiary/aromatic N) is 1. The third-order valence-corrected chi connectivity index (χ3v) is 1.58. The van der Waals surface area contributed by atoms with Crippen LogP contribution in [0, 0.1) is 10.1 Å². The highest BCUT2D eigenvalue weighted by molar-refractivity contribution is 5.34. The van der Waals surface area contributed by atoms with E-state index in [4.69, 9.17) is 7.85 Å². The van der Waals surface area contributed by atoms with Crippen molar-refractivity contribution in [2.24, 2.45) is 0 Å². The van der Waals surface area contributed by atoms with Crippen molar-refractivity contribution in [2.75, 3.05) is 6.56 Å². The van der Waals surface area contributed by atoms with Gasteiger partial charge in [-0.25, -0.2) is 0 Å². The predicted molar refractivity (Wildman–Crippen MR) is 44.1 cm³/mol. The molecule has 1 aromatic carbocycles. The molecule has 0 radical (unpaired) electrons. The van der Waals surface area contributed by atoms with Gasteiger partial charge in [0.1, 0.15) is 6.56 Å². The lowest BCUT2D eigenvalue weighted by Crippen LogP contribution is -2.18. The molecule has 0 aliphatic carbocycles. The lowest BCUT2D eigenvalue weighted by molar-refractivity contribution is -0.384. The third kappa shape index (κ3) is 2.02. The fourth-order valence-electron chi connectivity index (χ4n) is 0.857. The van der Waals surface area contributed by atoms with Crippen molar-refractivity contribution in [3.05, 3.63) is 39.9 Å². The number of aliphatic hydroxyl groups is 1. The van der Waals surface area contributed by atoms with Crippen LogP contribution in [0.25, 0.3) is 0 Å². The maximum atomic E-state index is 13.2. The normalized spacial score (nSPS) is 14.5. The Morgan fingerprint density at radius 3 is 2.36 bits per heavy atom. The van der Waals surface area contributed by atoms with E-state index in [-0.39, 0.29) is 0 Å². The Morgan fingerprint density at radius 1 is 1.50 bits per heavy atom. The Balaban J connectivity index is 3.11. The molecule has 0 spiro atoms. The average Bonchev–Trinajstić information content (AvgIpc) is 2.16. The zero-order valence-electron chi connectivity index (χ0n) is 8.78. The molecule has 0 fully saturated rings. The molecule has 0 aromatic heterocycles. The third-order valence-electron chi connectivity index (χ3n) is 1.58. The first-order chi connectivity index (χ1) is 7.16. The minimum atomic E-state index is -4.12. The molecule has 1 rings (SSSR count). The largest absolute Gasteiger partial charge is 0.390 e. The van der Waals surface area contributed by atoms with Crippen LogP contribution in [-0.2, 0) is 5.92 Å². The zero-order chi connectivity index (χ0) is 12.6. The van der Waals surface area contributed by atoms with E-state index in [1.165, 1.54) is 0 Å². The van der Waals surface area contributed by atoms with Gasteiger partial charge in [0, 0.05) is 17.7 Å². The van der Waals surface area contributed by atoms with Crippen molar-refractivity contribution in [3.8, 4) is 0 Å². The summed E-state index contributed by atoms with van der Waals surface area (Å²) in [5, 5.41) is 18.9. The first kappa shape index (κ1) is 7.81. The molecule has 4 nitrogen and oxygen atoms in total. The first-order valence-corrected chi connectivity index (χ1v) is 3.51. The smallest absolute Gasteiger partial charge is 0.295 e. The molecule has 14 heavy (non-hydrogen) atoms. The lowest BCUT2D eigenvalue weighted by atomic mass is 10.1. The molecule has 76 valence electrons. The van der Waals surface area contributed by atoms with Gasteiger partial charge in [0.25, 0.3) is 11.6 Å². The number of hydrogen-bond donors (Lipinski definition) is 1. The van der Waals surface area contributed by atoms with Crippen LogP contribution in [-0.4, -0.2) is 16.6 Å². The van der Waals surface area contributed by atoms with E-state index in [0.717, 1.165) is 12.1 Å². The molecular weight excluding hydrogens is 196 g/mol. The van der Waals surface area contributed by atoms with Gasteiger partial charge in [0.05, 0.1) is 7.66 Å². The molecule has 0 unspecified atom stereocenters. The molecule has 0 saturated carbocycles. The molecule has 0 bridgehead atoms. The molecule has 0 amide bonds. The number of nitro benzene ring substituents is 1. The summed E-state index contributed by atoms with van der Waals surface area (Å²) in [6, 6.07) is 3.03. The summed E-state index contributed by atoms with van der Waals surface area (Å²) in [4.78, 5) is 9.49. The molecule has 0 aliphatic rings. The van der Waals surface area contributed by atoms with Crippen molar-refractivity contribution in [2.45, 2.75) is 5.92 Å². The highest BCUT2D eigenvalue weighted by Gasteiger charge is 2.30. The summed E-state index contributed by atoms with van der Waals surface area (Å²) in [7, 11) is 0. The first-order valence-electron chi connectivity index (χ1n) is 4.51. The summed E-state index contributed by atoms with van der Waals surface area (Å²) >= 11 is 0. The van der Waals surface area contributed by atoms with Gasteiger partial charge in [0.15, 0.2) is 0 Å². The van der Waals surface area contributed by atoms with Crippen molar-refractivity contribution in [3.63, 3.8) is 0 Å². The van der Waals surface area contributed by atoms with Crippen LogP contribution >= 0.6 is 0 Å². The van der Waals surface area contributed by atoms with Crippen LogP contribution in [0.4, 0.5) is 14.5 Å². The van der Waals surface area contributed by atoms with E-state index in [9.17, 15) is 18.9 Å². The second kappa shape index (κ2) is 3.67. The maximum Gasteiger partial charge on any atom is 0.295 e. The number of hydrogen-bond acceptors (Lipinski definition) is 3. The van der Waals surface area contributed by atoms with E-state index in [1.54, 1.807) is 0 Å². The van der Waals surface area contributed by atoms with Crippen LogP contribution in [0.2, 0.25) is 0 Å². The van der Waals surface area contributed by atoms with Crippen molar-refractivity contribution >= 4 is 5.69 Å². The number of rotatable bonds is 3. The molecule has 6 heteroatoms. The summed E-state index contributed by atoms with van der Waals surface area (Å²) in [5.41, 5.74) is -1.22. The molecular formula is C8H7F2NO3. The Morgan fingerprint density at radius 2 is 2.00 bits per heavy atom. The quantitative estimate of drug-likeness (QED) is 0.603. The van der Waals surface area contributed by atoms with Crippen LogP contribution < -0.4 is 0 Å². The maximum absolute atomic E-state index is 13.2. The number of non-ortho nitro benzene ring substituents is 1. The highest BCUT2D eigenvalue weighted by Crippen LogP contribution is 2.28. The van der Waals surface area contributed by atoms with Gasteiger partial charge < -0.3 is 5.11 Å². The van der Waals surface area contributed by atoms with E-state index >= 15 is 0 Å². The van der Waals surface area contributed by atoms with E-state index in [1.807, 2.05) is 0 Å². The van der Waals surface area contributed by atoms with Gasteiger partial charge in [0.2, 0.25) is 0 Å². The number of halogens is 2. The standard InChI is InChI=1S/C8H7F2NO3/c9-8(10,5-12)6-1-3-7(4-2-6)11(13)14/h1-4,12H,5H2/i5D2. The lowest BCUT2D eigenvalue weighted by Gasteiger charge is -2.12. The molecule has 0 heterocycles. The van der Waals surface area contributed by atoms with Crippen molar-refractivity contribution in [1.29, 1.82) is 0 Å². The van der Waals surface area contributed by atoms with Gasteiger partial charge in [-0.1, -0.05) is 0 Å². The van der Waals surface area contributed by atoms with Crippen molar-refractivity contribution in [1.82, 2.24) is 0 Å². The van der Waals surface area contributed by atoms with Crippen LogP contribution in [0.5, 0.6) is 0 Å². The molecule has 1 N–H and O–H groups in total. The second-order valence-electron chi connectivity index (χ2n) is 2.49. The minimum Gasteiger partial charge on any atom is -0.390 e. The molecule has 1 aromatic rings. The fraction of sp³-hybridized carbons (Fsp3) is 0.250. The van der Waals surface area contributed by atoms with Crippen LogP contribution in [0.1, 0.15) is 8.30 Å². The van der Waals surface area contributed by atoms with Crippen LogP contribution in [0.15, 0.2) is 24.3 Å².